The summed E-state index contributed by atoms with van der Waals surface area (Å²) < 4.78 is 15.7. The summed E-state index contributed by atoms with van der Waals surface area (Å²) in [7, 11) is 6.25. The van der Waals surface area contributed by atoms with E-state index in [1.807, 2.05) is 6.92 Å². The monoisotopic (exact) mass is 301 g/mol. The number of rotatable bonds is 6. The second-order valence-electron chi connectivity index (χ2n) is 4.33. The minimum Gasteiger partial charge on any atom is -0.496 e. The summed E-state index contributed by atoms with van der Waals surface area (Å²) in [4.78, 5) is 14.0. The molecule has 0 aromatic heterocycles. The molecular formula is C14H20ClNO4. The number of methoxy groups -OCH3 is 3. The van der Waals surface area contributed by atoms with Gasteiger partial charge in [0.25, 0.3) is 5.91 Å². The van der Waals surface area contributed by atoms with Crippen LogP contribution in [-0.2, 0) is 0 Å². The van der Waals surface area contributed by atoms with Crippen molar-refractivity contribution >= 4 is 17.5 Å². The van der Waals surface area contributed by atoms with Gasteiger partial charge in [0, 0.05) is 31.1 Å². The van der Waals surface area contributed by atoms with Gasteiger partial charge in [-0.2, -0.15) is 0 Å². The number of carbonyl (C=O) groups excluding carboxylic acids is 1. The SMILES string of the molecule is COc1cc(OC)c(C(=O)N(C)C(C)CCl)cc1OC. The average Bonchev–Trinajstić information content (AvgIpc) is 2.50. The first-order valence-corrected chi connectivity index (χ1v) is 6.66. The molecule has 1 atom stereocenters. The van der Waals surface area contributed by atoms with E-state index in [0.717, 1.165) is 0 Å². The van der Waals surface area contributed by atoms with E-state index in [1.165, 1.54) is 21.3 Å². The van der Waals surface area contributed by atoms with Crippen molar-refractivity contribution in [3.05, 3.63) is 17.7 Å². The van der Waals surface area contributed by atoms with Crippen molar-refractivity contribution in [1.82, 2.24) is 4.90 Å². The summed E-state index contributed by atoms with van der Waals surface area (Å²) >= 11 is 5.79. The Kier molecular flexibility index (Phi) is 5.95. The maximum atomic E-state index is 12.5. The number of carbonyl (C=O) groups is 1. The second-order valence-corrected chi connectivity index (χ2v) is 4.64. The van der Waals surface area contributed by atoms with Gasteiger partial charge in [-0.3, -0.25) is 4.79 Å². The molecule has 0 fully saturated rings. The standard InChI is InChI=1S/C14H20ClNO4/c1-9(8-15)16(2)14(17)10-6-12(19-4)13(20-5)7-11(10)18-3/h6-7,9H,8H2,1-5H3. The van der Waals surface area contributed by atoms with Crippen molar-refractivity contribution in [1.29, 1.82) is 0 Å². The zero-order chi connectivity index (χ0) is 15.3. The van der Waals surface area contributed by atoms with Crippen LogP contribution in [0.5, 0.6) is 17.2 Å². The lowest BCUT2D eigenvalue weighted by atomic mass is 10.1. The molecule has 1 rings (SSSR count). The van der Waals surface area contributed by atoms with Crippen molar-refractivity contribution < 1.29 is 19.0 Å². The predicted molar refractivity (Wildman–Crippen MR) is 78.4 cm³/mol. The molecule has 0 aliphatic heterocycles. The lowest BCUT2D eigenvalue weighted by molar-refractivity contribution is 0.0753. The highest BCUT2D eigenvalue weighted by Gasteiger charge is 2.23. The number of benzene rings is 1. The maximum absolute atomic E-state index is 12.5. The van der Waals surface area contributed by atoms with Gasteiger partial charge in [0.1, 0.15) is 5.75 Å². The second kappa shape index (κ2) is 7.24. The van der Waals surface area contributed by atoms with Crippen LogP contribution in [0.15, 0.2) is 12.1 Å². The molecule has 1 unspecified atom stereocenters. The molecule has 0 bridgehead atoms. The van der Waals surface area contributed by atoms with Crippen LogP contribution in [0.4, 0.5) is 0 Å². The molecule has 0 radical (unpaired) electrons. The summed E-state index contributed by atoms with van der Waals surface area (Å²) in [5, 5.41) is 0. The van der Waals surface area contributed by atoms with Gasteiger partial charge in [-0.15, -0.1) is 11.6 Å². The molecule has 0 heterocycles. The number of hydrogen-bond acceptors (Lipinski definition) is 4. The Morgan fingerprint density at radius 3 is 2.10 bits per heavy atom. The molecule has 0 saturated heterocycles. The van der Waals surface area contributed by atoms with E-state index in [4.69, 9.17) is 25.8 Å². The van der Waals surface area contributed by atoms with E-state index in [1.54, 1.807) is 24.1 Å². The molecule has 6 heteroatoms. The highest BCUT2D eigenvalue weighted by atomic mass is 35.5. The lowest BCUT2D eigenvalue weighted by Crippen LogP contribution is -2.36. The van der Waals surface area contributed by atoms with Crippen LogP contribution < -0.4 is 14.2 Å². The fourth-order valence-corrected chi connectivity index (χ4v) is 1.90. The number of nitrogens with zero attached hydrogens (tertiary/aromatic N) is 1. The Morgan fingerprint density at radius 1 is 1.15 bits per heavy atom. The first-order valence-electron chi connectivity index (χ1n) is 6.13. The smallest absolute Gasteiger partial charge is 0.257 e. The Hall–Kier alpha value is -1.62. The van der Waals surface area contributed by atoms with Crippen molar-refractivity contribution in [3.63, 3.8) is 0 Å². The number of halogens is 1. The van der Waals surface area contributed by atoms with Crippen LogP contribution in [0.3, 0.4) is 0 Å². The van der Waals surface area contributed by atoms with Crippen molar-refractivity contribution in [2.24, 2.45) is 0 Å². The van der Waals surface area contributed by atoms with Crippen LogP contribution in [0.25, 0.3) is 0 Å². The van der Waals surface area contributed by atoms with Gasteiger partial charge in [-0.25, -0.2) is 0 Å². The third-order valence-electron chi connectivity index (χ3n) is 3.14. The summed E-state index contributed by atoms with van der Waals surface area (Å²) in [5.74, 6) is 1.59. The average molecular weight is 302 g/mol. The van der Waals surface area contributed by atoms with E-state index in [2.05, 4.69) is 0 Å². The third kappa shape index (κ3) is 3.28. The van der Waals surface area contributed by atoms with E-state index >= 15 is 0 Å². The highest BCUT2D eigenvalue weighted by Crippen LogP contribution is 2.35. The fraction of sp³-hybridized carbons (Fsp3) is 0.500. The molecule has 0 N–H and O–H groups in total. The quantitative estimate of drug-likeness (QED) is 0.757. The van der Waals surface area contributed by atoms with Crippen LogP contribution in [0.1, 0.15) is 17.3 Å². The van der Waals surface area contributed by atoms with E-state index in [-0.39, 0.29) is 11.9 Å². The fourth-order valence-electron chi connectivity index (χ4n) is 1.69. The first kappa shape index (κ1) is 16.4. The molecule has 0 spiro atoms. The number of alkyl halides is 1. The van der Waals surface area contributed by atoms with E-state index in [9.17, 15) is 4.79 Å². The van der Waals surface area contributed by atoms with Crippen molar-refractivity contribution in [2.75, 3.05) is 34.3 Å². The first-order chi connectivity index (χ1) is 9.49. The molecule has 20 heavy (non-hydrogen) atoms. The molecule has 0 aliphatic carbocycles. The third-order valence-corrected chi connectivity index (χ3v) is 3.59. The molecular weight excluding hydrogens is 282 g/mol. The molecule has 112 valence electrons. The topological polar surface area (TPSA) is 48.0 Å². The summed E-state index contributed by atoms with van der Waals surface area (Å²) in [6.07, 6.45) is 0. The zero-order valence-corrected chi connectivity index (χ0v) is 13.2. The lowest BCUT2D eigenvalue weighted by Gasteiger charge is -2.24. The Morgan fingerprint density at radius 2 is 1.65 bits per heavy atom. The Bertz CT molecular complexity index is 478. The van der Waals surface area contributed by atoms with Gasteiger partial charge < -0.3 is 19.1 Å². The van der Waals surface area contributed by atoms with Gasteiger partial charge in [0.2, 0.25) is 0 Å². The van der Waals surface area contributed by atoms with Crippen LogP contribution in [0.2, 0.25) is 0 Å². The number of ether oxygens (including phenoxy) is 3. The minimum atomic E-state index is -0.184. The largest absolute Gasteiger partial charge is 0.496 e. The Balaban J connectivity index is 3.25. The Labute approximate surface area is 124 Å². The van der Waals surface area contributed by atoms with Gasteiger partial charge in [-0.05, 0) is 6.92 Å². The van der Waals surface area contributed by atoms with Crippen LogP contribution in [-0.4, -0.2) is 51.1 Å². The molecule has 0 aliphatic rings. The van der Waals surface area contributed by atoms with Gasteiger partial charge >= 0.3 is 0 Å². The van der Waals surface area contributed by atoms with Crippen LogP contribution >= 0.6 is 11.6 Å². The van der Waals surface area contributed by atoms with Gasteiger partial charge in [0.05, 0.1) is 26.9 Å². The van der Waals surface area contributed by atoms with Crippen LogP contribution in [0, 0.1) is 0 Å². The summed E-state index contributed by atoms with van der Waals surface area (Å²) in [5.41, 5.74) is 0.407. The van der Waals surface area contributed by atoms with Crippen molar-refractivity contribution in [3.8, 4) is 17.2 Å². The van der Waals surface area contributed by atoms with Gasteiger partial charge in [-0.1, -0.05) is 0 Å². The molecule has 1 amide bonds. The van der Waals surface area contributed by atoms with E-state index < -0.39 is 0 Å². The number of amides is 1. The van der Waals surface area contributed by atoms with E-state index in [0.29, 0.717) is 28.7 Å². The van der Waals surface area contributed by atoms with Crippen molar-refractivity contribution in [2.45, 2.75) is 13.0 Å². The molecule has 1 aromatic rings. The zero-order valence-electron chi connectivity index (χ0n) is 12.4. The highest BCUT2D eigenvalue weighted by molar-refractivity contribution is 6.18. The maximum Gasteiger partial charge on any atom is 0.257 e. The number of hydrogen-bond donors (Lipinski definition) is 0. The minimum absolute atomic E-state index is 0.0815. The summed E-state index contributed by atoms with van der Waals surface area (Å²) in [6.45, 7) is 1.87. The predicted octanol–water partition coefficient (Wildman–Crippen LogP) is 2.41. The summed E-state index contributed by atoms with van der Waals surface area (Å²) in [6, 6.07) is 3.16. The molecule has 5 nitrogen and oxygen atoms in total. The normalized spacial score (nSPS) is 11.7. The molecule has 0 saturated carbocycles. The van der Waals surface area contributed by atoms with Gasteiger partial charge in [0.15, 0.2) is 11.5 Å². The molecule has 1 aromatic carbocycles.